The summed E-state index contributed by atoms with van der Waals surface area (Å²) in [7, 11) is 0. The molecular weight excluding hydrogens is 400 g/mol. The van der Waals surface area contributed by atoms with Crippen molar-refractivity contribution in [1.82, 2.24) is 15.0 Å². The largest absolute Gasteiger partial charge is 0.488 e. The first-order chi connectivity index (χ1) is 14.3. The van der Waals surface area contributed by atoms with Gasteiger partial charge >= 0.3 is 5.97 Å². The van der Waals surface area contributed by atoms with Crippen LogP contribution in [-0.2, 0) is 28.1 Å². The molecule has 0 amide bonds. The number of ether oxygens (including phenoxy) is 2. The fraction of sp³-hybridized carbons (Fsp3) is 0.591. The van der Waals surface area contributed by atoms with Crippen molar-refractivity contribution in [2.75, 3.05) is 0 Å². The Hall–Kier alpha value is -2.97. The van der Waals surface area contributed by atoms with Gasteiger partial charge in [0.2, 0.25) is 0 Å². The summed E-state index contributed by atoms with van der Waals surface area (Å²) in [5, 5.41) is 19.9. The summed E-state index contributed by atoms with van der Waals surface area (Å²) < 4.78 is 13.0. The van der Waals surface area contributed by atoms with Crippen molar-refractivity contribution in [2.45, 2.75) is 79.1 Å². The molecule has 2 rings (SSSR count). The molecule has 0 atom stereocenters. The molecule has 0 saturated heterocycles. The minimum absolute atomic E-state index is 0.118. The van der Waals surface area contributed by atoms with Crippen molar-refractivity contribution in [3.63, 3.8) is 0 Å². The molecule has 0 aliphatic carbocycles. The van der Waals surface area contributed by atoms with E-state index in [1.807, 2.05) is 24.7 Å². The third kappa shape index (κ3) is 7.04. The molecule has 0 unspecified atom stereocenters. The Kier molecular flexibility index (Phi) is 7.41. The number of nitro benzene ring substituents is 1. The van der Waals surface area contributed by atoms with Gasteiger partial charge in [0.05, 0.1) is 21.7 Å². The van der Waals surface area contributed by atoms with E-state index in [0.717, 1.165) is 12.1 Å². The van der Waals surface area contributed by atoms with E-state index in [4.69, 9.17) is 9.47 Å². The topological polar surface area (TPSA) is 109 Å². The molecule has 31 heavy (non-hydrogen) atoms. The number of hydrogen-bond donors (Lipinski definition) is 0. The average Bonchev–Trinajstić information content (AvgIpc) is 3.07. The molecule has 0 aliphatic rings. The van der Waals surface area contributed by atoms with Gasteiger partial charge in [-0.1, -0.05) is 19.1 Å². The van der Waals surface area contributed by atoms with Crippen molar-refractivity contribution in [3.05, 3.63) is 45.8 Å². The Morgan fingerprint density at radius 1 is 1.26 bits per heavy atom. The lowest BCUT2D eigenvalue weighted by Gasteiger charge is -2.35. The van der Waals surface area contributed by atoms with E-state index in [0.29, 0.717) is 18.1 Å². The highest BCUT2D eigenvalue weighted by atomic mass is 16.6. The van der Waals surface area contributed by atoms with Crippen molar-refractivity contribution >= 4 is 11.7 Å². The van der Waals surface area contributed by atoms with Crippen molar-refractivity contribution in [2.24, 2.45) is 5.92 Å². The lowest BCUT2D eigenvalue weighted by atomic mass is 9.89. The summed E-state index contributed by atoms with van der Waals surface area (Å²) in [5.41, 5.74) is 0.136. The first-order valence-corrected chi connectivity index (χ1v) is 10.3. The Morgan fingerprint density at radius 3 is 2.52 bits per heavy atom. The number of aromatic nitrogens is 3. The van der Waals surface area contributed by atoms with E-state index in [-0.39, 0.29) is 23.4 Å². The van der Waals surface area contributed by atoms with Crippen LogP contribution in [0.15, 0.2) is 24.4 Å². The van der Waals surface area contributed by atoms with E-state index >= 15 is 0 Å². The van der Waals surface area contributed by atoms with Crippen molar-refractivity contribution in [3.8, 4) is 5.75 Å². The fourth-order valence-electron chi connectivity index (χ4n) is 3.68. The van der Waals surface area contributed by atoms with Gasteiger partial charge in [-0.2, -0.15) is 0 Å². The van der Waals surface area contributed by atoms with Gasteiger partial charge in [-0.25, -0.2) is 4.68 Å². The van der Waals surface area contributed by atoms with Gasteiger partial charge in [0.15, 0.2) is 0 Å². The van der Waals surface area contributed by atoms with Gasteiger partial charge in [-0.05, 0) is 52.2 Å². The van der Waals surface area contributed by atoms with Gasteiger partial charge in [-0.15, -0.1) is 5.10 Å². The third-order valence-corrected chi connectivity index (χ3v) is 4.71. The van der Waals surface area contributed by atoms with Crippen LogP contribution in [0.25, 0.3) is 0 Å². The number of nitro groups is 1. The Bertz CT molecular complexity index is 934. The van der Waals surface area contributed by atoms with Gasteiger partial charge < -0.3 is 9.47 Å². The maximum atomic E-state index is 11.3. The van der Waals surface area contributed by atoms with Gasteiger partial charge in [0.25, 0.3) is 5.69 Å². The summed E-state index contributed by atoms with van der Waals surface area (Å²) >= 11 is 0. The Morgan fingerprint density at radius 2 is 1.94 bits per heavy atom. The zero-order valence-corrected chi connectivity index (χ0v) is 19.3. The number of carbonyl (C=O) groups excluding carboxylic acids is 1. The van der Waals surface area contributed by atoms with Crippen LogP contribution in [0.5, 0.6) is 5.75 Å². The highest BCUT2D eigenvalue weighted by Gasteiger charge is 2.33. The van der Waals surface area contributed by atoms with Crippen LogP contribution in [0.1, 0.15) is 66.1 Å². The van der Waals surface area contributed by atoms with E-state index in [1.165, 1.54) is 13.0 Å². The monoisotopic (exact) mass is 432 g/mol. The summed E-state index contributed by atoms with van der Waals surface area (Å²) in [6.45, 7) is 13.4. The molecule has 9 heteroatoms. The van der Waals surface area contributed by atoms with Crippen molar-refractivity contribution in [1.29, 1.82) is 0 Å². The predicted molar refractivity (Wildman–Crippen MR) is 116 cm³/mol. The van der Waals surface area contributed by atoms with Crippen LogP contribution in [0.2, 0.25) is 0 Å². The molecule has 1 aromatic heterocycles. The highest BCUT2D eigenvalue weighted by Crippen LogP contribution is 2.32. The fourth-order valence-corrected chi connectivity index (χ4v) is 3.68. The SMILES string of the molecule is CC(=O)OCc1cc(OC(C)(C)CC(C)(C)n2cc(CC(C)C)nn2)ccc1[N+](=O)[O-]. The zero-order chi connectivity index (χ0) is 23.4. The van der Waals surface area contributed by atoms with Crippen LogP contribution in [0.4, 0.5) is 5.69 Å². The molecule has 170 valence electrons. The van der Waals surface area contributed by atoms with Gasteiger partial charge in [0, 0.05) is 25.6 Å². The van der Waals surface area contributed by atoms with Crippen LogP contribution in [-0.4, -0.2) is 31.5 Å². The highest BCUT2D eigenvalue weighted by molar-refractivity contribution is 5.66. The standard InChI is InChI=1S/C22H32N4O5/c1-15(2)10-18-12-25(24-23-18)21(4,5)14-22(6,7)31-19-8-9-20(26(28)29)17(11-19)13-30-16(3)27/h8-9,11-12,15H,10,13-14H2,1-7H3. The first-order valence-electron chi connectivity index (χ1n) is 10.3. The van der Waals surface area contributed by atoms with E-state index in [9.17, 15) is 14.9 Å². The number of carbonyl (C=O) groups is 1. The second-order valence-electron chi connectivity index (χ2n) is 9.43. The molecule has 0 radical (unpaired) electrons. The second-order valence-corrected chi connectivity index (χ2v) is 9.43. The summed E-state index contributed by atoms with van der Waals surface area (Å²) in [6, 6.07) is 4.47. The maximum absolute atomic E-state index is 11.3. The number of nitrogens with zero attached hydrogens (tertiary/aromatic N) is 4. The number of benzene rings is 1. The van der Waals surface area contributed by atoms with E-state index in [2.05, 4.69) is 38.0 Å². The van der Waals surface area contributed by atoms with Gasteiger partial charge in [0.1, 0.15) is 18.0 Å². The molecule has 0 aliphatic heterocycles. The summed E-state index contributed by atoms with van der Waals surface area (Å²) in [4.78, 5) is 21.9. The average molecular weight is 433 g/mol. The molecule has 0 fully saturated rings. The predicted octanol–water partition coefficient (Wildman–Crippen LogP) is 4.43. The van der Waals surface area contributed by atoms with Gasteiger partial charge in [-0.3, -0.25) is 14.9 Å². The van der Waals surface area contributed by atoms with Crippen LogP contribution < -0.4 is 4.74 Å². The number of rotatable bonds is 10. The summed E-state index contributed by atoms with van der Waals surface area (Å²) in [6.07, 6.45) is 3.45. The molecule has 9 nitrogen and oxygen atoms in total. The lowest BCUT2D eigenvalue weighted by Crippen LogP contribution is -2.40. The first kappa shape index (κ1) is 24.3. The minimum Gasteiger partial charge on any atom is -0.488 e. The Balaban J connectivity index is 2.18. The molecule has 0 saturated carbocycles. The second kappa shape index (κ2) is 9.45. The minimum atomic E-state index is -0.609. The zero-order valence-electron chi connectivity index (χ0n) is 19.3. The Labute approximate surface area is 182 Å². The quantitative estimate of drug-likeness (QED) is 0.310. The summed E-state index contributed by atoms with van der Waals surface area (Å²) in [5.74, 6) is 0.455. The third-order valence-electron chi connectivity index (χ3n) is 4.71. The molecule has 0 bridgehead atoms. The normalized spacial score (nSPS) is 12.1. The van der Waals surface area contributed by atoms with Crippen LogP contribution in [0.3, 0.4) is 0 Å². The molecule has 1 heterocycles. The van der Waals surface area contributed by atoms with E-state index < -0.39 is 16.5 Å². The smallest absolute Gasteiger partial charge is 0.302 e. The van der Waals surface area contributed by atoms with E-state index in [1.54, 1.807) is 12.1 Å². The van der Waals surface area contributed by atoms with Crippen LogP contribution in [0, 0.1) is 16.0 Å². The number of esters is 1. The molecule has 0 spiro atoms. The lowest BCUT2D eigenvalue weighted by molar-refractivity contribution is -0.385. The molecule has 2 aromatic rings. The van der Waals surface area contributed by atoms with Crippen LogP contribution >= 0.6 is 0 Å². The molecular formula is C22H32N4O5. The maximum Gasteiger partial charge on any atom is 0.302 e. The van der Waals surface area contributed by atoms with Crippen molar-refractivity contribution < 1.29 is 19.2 Å². The molecule has 1 aromatic carbocycles. The molecule has 0 N–H and O–H groups in total. The number of hydrogen-bond acceptors (Lipinski definition) is 7.